The van der Waals surface area contributed by atoms with E-state index >= 15 is 0 Å². The molecule has 6 heteroatoms. The summed E-state index contributed by atoms with van der Waals surface area (Å²) in [6.45, 7) is 1.45. The fraction of sp³-hybridized carbons (Fsp3) is 0.273. The number of carbonyl (C=O) groups excluding carboxylic acids is 1. The lowest BCUT2D eigenvalue weighted by atomic mass is 9.97. The van der Waals surface area contributed by atoms with Gasteiger partial charge in [-0.25, -0.2) is 4.79 Å². The molecule has 0 spiro atoms. The summed E-state index contributed by atoms with van der Waals surface area (Å²) < 4.78 is 0. The number of ketones is 1. The molecule has 0 radical (unpaired) electrons. The molecule has 0 fully saturated rings. The lowest BCUT2D eigenvalue weighted by Gasteiger charge is -2.13. The fourth-order valence-electron chi connectivity index (χ4n) is 1.36. The summed E-state index contributed by atoms with van der Waals surface area (Å²) in [5.74, 6) is -1.98. The van der Waals surface area contributed by atoms with E-state index in [1.165, 1.54) is 25.1 Å². The van der Waals surface area contributed by atoms with E-state index in [1.807, 2.05) is 0 Å². The van der Waals surface area contributed by atoms with Crippen molar-refractivity contribution in [3.05, 3.63) is 34.3 Å². The van der Waals surface area contributed by atoms with Gasteiger partial charge in [0.15, 0.2) is 11.9 Å². The Morgan fingerprint density at radius 3 is 2.41 bits per heavy atom. The van der Waals surface area contributed by atoms with E-state index in [9.17, 15) is 14.7 Å². The Kier molecular flexibility index (Phi) is 4.51. The average Bonchev–Trinajstić information content (AvgIpc) is 2.26. The third kappa shape index (κ3) is 2.97. The Labute approximate surface area is 108 Å². The van der Waals surface area contributed by atoms with Crippen LogP contribution in [-0.2, 0) is 4.79 Å². The van der Waals surface area contributed by atoms with E-state index in [4.69, 9.17) is 28.3 Å². The minimum Gasteiger partial charge on any atom is -0.479 e. The average molecular weight is 277 g/mol. The molecule has 0 saturated heterocycles. The van der Waals surface area contributed by atoms with E-state index in [1.54, 1.807) is 0 Å². The molecule has 1 aromatic rings. The number of Topliss-reactive ketones (excluding diaryl/α,β-unsaturated/α-hetero) is 1. The van der Waals surface area contributed by atoms with Crippen molar-refractivity contribution in [2.75, 3.05) is 0 Å². The van der Waals surface area contributed by atoms with Gasteiger partial charge in [-0.2, -0.15) is 0 Å². The maximum Gasteiger partial charge on any atom is 0.337 e. The number of carbonyl (C=O) groups is 2. The standard InChI is InChI=1S/C11H10Cl2O4/c1-5(12)9(14)8-6(10(15)11(16)17)3-2-4-7(8)13/h2-5,10,15H,1H3,(H,16,17). The van der Waals surface area contributed by atoms with Crippen molar-refractivity contribution >= 4 is 35.0 Å². The molecule has 1 aromatic carbocycles. The summed E-state index contributed by atoms with van der Waals surface area (Å²) in [4.78, 5) is 22.5. The highest BCUT2D eigenvalue weighted by molar-refractivity contribution is 6.39. The monoisotopic (exact) mass is 276 g/mol. The lowest BCUT2D eigenvalue weighted by Crippen LogP contribution is -2.19. The lowest BCUT2D eigenvalue weighted by molar-refractivity contribution is -0.146. The van der Waals surface area contributed by atoms with Crippen LogP contribution in [0.15, 0.2) is 18.2 Å². The smallest absolute Gasteiger partial charge is 0.337 e. The van der Waals surface area contributed by atoms with Gasteiger partial charge in [0.25, 0.3) is 0 Å². The molecular formula is C11H10Cl2O4. The Morgan fingerprint density at radius 2 is 1.94 bits per heavy atom. The zero-order valence-corrected chi connectivity index (χ0v) is 10.4. The summed E-state index contributed by atoms with van der Waals surface area (Å²) >= 11 is 11.5. The molecule has 0 aromatic heterocycles. The molecule has 0 aliphatic carbocycles. The van der Waals surface area contributed by atoms with Crippen molar-refractivity contribution in [2.24, 2.45) is 0 Å². The number of aliphatic hydroxyl groups excluding tert-OH is 1. The van der Waals surface area contributed by atoms with Gasteiger partial charge in [-0.1, -0.05) is 23.7 Å². The first-order valence-electron chi connectivity index (χ1n) is 4.73. The van der Waals surface area contributed by atoms with Crippen LogP contribution in [0.3, 0.4) is 0 Å². The maximum absolute atomic E-state index is 11.8. The van der Waals surface area contributed by atoms with Crippen LogP contribution in [0.25, 0.3) is 0 Å². The summed E-state index contributed by atoms with van der Waals surface area (Å²) in [5.41, 5.74) is -0.103. The van der Waals surface area contributed by atoms with Gasteiger partial charge in [-0.05, 0) is 13.0 Å². The van der Waals surface area contributed by atoms with E-state index < -0.39 is 23.2 Å². The molecule has 2 unspecified atom stereocenters. The van der Waals surface area contributed by atoms with Crippen molar-refractivity contribution in [3.63, 3.8) is 0 Å². The molecule has 2 N–H and O–H groups in total. The third-order valence-corrected chi connectivity index (χ3v) is 2.70. The molecule has 0 aliphatic heterocycles. The zero-order chi connectivity index (χ0) is 13.2. The summed E-state index contributed by atoms with van der Waals surface area (Å²) in [6.07, 6.45) is -1.80. The number of aliphatic hydroxyl groups is 1. The number of halogens is 2. The second-order valence-electron chi connectivity index (χ2n) is 3.43. The molecule has 2 atom stereocenters. The molecule has 4 nitrogen and oxygen atoms in total. The van der Waals surface area contributed by atoms with Crippen LogP contribution in [0.1, 0.15) is 28.9 Å². The predicted molar refractivity (Wildman–Crippen MR) is 63.7 cm³/mol. The summed E-state index contributed by atoms with van der Waals surface area (Å²) in [5, 5.41) is 17.4. The van der Waals surface area contributed by atoms with Crippen LogP contribution in [-0.4, -0.2) is 27.3 Å². The molecule has 0 aliphatic rings. The number of aliphatic carboxylic acids is 1. The zero-order valence-electron chi connectivity index (χ0n) is 8.85. The Morgan fingerprint density at radius 1 is 1.35 bits per heavy atom. The highest BCUT2D eigenvalue weighted by atomic mass is 35.5. The van der Waals surface area contributed by atoms with Gasteiger partial charge < -0.3 is 10.2 Å². The number of hydrogen-bond acceptors (Lipinski definition) is 3. The maximum atomic E-state index is 11.8. The van der Waals surface area contributed by atoms with Gasteiger partial charge in [0.1, 0.15) is 0 Å². The van der Waals surface area contributed by atoms with Crippen LogP contribution in [0.4, 0.5) is 0 Å². The Bertz CT molecular complexity index is 457. The Balaban J connectivity index is 3.36. The molecule has 92 valence electrons. The first-order chi connectivity index (χ1) is 7.86. The van der Waals surface area contributed by atoms with Gasteiger partial charge in [-0.3, -0.25) is 4.79 Å². The molecule has 1 rings (SSSR count). The van der Waals surface area contributed by atoms with Crippen LogP contribution in [0.2, 0.25) is 5.02 Å². The first kappa shape index (κ1) is 14.0. The van der Waals surface area contributed by atoms with E-state index in [0.717, 1.165) is 0 Å². The van der Waals surface area contributed by atoms with Crippen LogP contribution < -0.4 is 0 Å². The van der Waals surface area contributed by atoms with Gasteiger partial charge >= 0.3 is 5.97 Å². The first-order valence-corrected chi connectivity index (χ1v) is 5.55. The molecule has 17 heavy (non-hydrogen) atoms. The van der Waals surface area contributed by atoms with Crippen molar-refractivity contribution in [1.82, 2.24) is 0 Å². The SMILES string of the molecule is CC(Cl)C(=O)c1c(Cl)cccc1C(O)C(=O)O. The second-order valence-corrected chi connectivity index (χ2v) is 4.49. The van der Waals surface area contributed by atoms with Crippen LogP contribution >= 0.6 is 23.2 Å². The van der Waals surface area contributed by atoms with Gasteiger partial charge in [0, 0.05) is 11.1 Å². The summed E-state index contributed by atoms with van der Waals surface area (Å²) in [7, 11) is 0. The Hall–Kier alpha value is -1.10. The van der Waals surface area contributed by atoms with Crippen LogP contribution in [0.5, 0.6) is 0 Å². The quantitative estimate of drug-likeness (QED) is 0.654. The fourth-order valence-corrected chi connectivity index (χ4v) is 1.74. The van der Waals surface area contributed by atoms with Crippen molar-refractivity contribution in [2.45, 2.75) is 18.4 Å². The predicted octanol–water partition coefficient (Wildman–Crippen LogP) is 2.27. The van der Waals surface area contributed by atoms with Gasteiger partial charge in [-0.15, -0.1) is 11.6 Å². The summed E-state index contributed by atoms with van der Waals surface area (Å²) in [6, 6.07) is 4.23. The van der Waals surface area contributed by atoms with E-state index in [2.05, 4.69) is 0 Å². The van der Waals surface area contributed by atoms with Crippen molar-refractivity contribution in [1.29, 1.82) is 0 Å². The molecule has 0 saturated carbocycles. The van der Waals surface area contributed by atoms with Gasteiger partial charge in [0.2, 0.25) is 0 Å². The number of rotatable bonds is 4. The number of carboxylic acids is 1. The largest absolute Gasteiger partial charge is 0.479 e. The minimum absolute atomic E-state index is 0.0495. The third-order valence-electron chi connectivity index (χ3n) is 2.18. The minimum atomic E-state index is -1.80. The highest BCUT2D eigenvalue weighted by Gasteiger charge is 2.26. The van der Waals surface area contributed by atoms with Gasteiger partial charge in [0.05, 0.1) is 10.4 Å². The normalized spacial score (nSPS) is 14.1. The number of carboxylic acid groups (broad SMARTS) is 1. The number of hydrogen-bond donors (Lipinski definition) is 2. The molecule has 0 bridgehead atoms. The van der Waals surface area contributed by atoms with Crippen LogP contribution in [0, 0.1) is 0 Å². The number of alkyl halides is 1. The van der Waals surface area contributed by atoms with E-state index in [-0.39, 0.29) is 16.1 Å². The molecule has 0 amide bonds. The molecular weight excluding hydrogens is 267 g/mol. The molecule has 0 heterocycles. The second kappa shape index (κ2) is 5.49. The highest BCUT2D eigenvalue weighted by Crippen LogP contribution is 2.27. The van der Waals surface area contributed by atoms with Crippen molar-refractivity contribution in [3.8, 4) is 0 Å². The topological polar surface area (TPSA) is 74.6 Å². The van der Waals surface area contributed by atoms with Crippen molar-refractivity contribution < 1.29 is 19.8 Å². The number of benzene rings is 1. The van der Waals surface area contributed by atoms with E-state index in [0.29, 0.717) is 0 Å².